The Balaban J connectivity index is 2.59. The van der Waals surface area contributed by atoms with Crippen molar-refractivity contribution in [2.24, 2.45) is 0 Å². The lowest BCUT2D eigenvalue weighted by atomic mass is 10.2. The summed E-state index contributed by atoms with van der Waals surface area (Å²) < 4.78 is 31.2. The van der Waals surface area contributed by atoms with Gasteiger partial charge in [-0.15, -0.1) is 6.42 Å². The molecule has 0 spiro atoms. The largest absolute Gasteiger partial charge is 0.306 e. The van der Waals surface area contributed by atoms with Crippen LogP contribution in [0, 0.1) is 12.3 Å². The van der Waals surface area contributed by atoms with E-state index in [1.807, 2.05) is 0 Å². The van der Waals surface area contributed by atoms with Crippen molar-refractivity contribution in [3.05, 3.63) is 0 Å². The summed E-state index contributed by atoms with van der Waals surface area (Å²) >= 11 is -1.87. The molecule has 3 nitrogen and oxygen atoms in total. The molecule has 0 saturated carbocycles. The highest BCUT2D eigenvalue weighted by molar-refractivity contribution is 7.75. The van der Waals surface area contributed by atoms with Gasteiger partial charge in [0.15, 0.2) is 6.10 Å². The monoisotopic (exact) mass is 164 g/mol. The Morgan fingerprint density at radius 2 is 2.40 bits per heavy atom. The van der Waals surface area contributed by atoms with E-state index in [0.717, 1.165) is 0 Å². The van der Waals surface area contributed by atoms with Gasteiger partial charge < -0.3 is 0 Å². The molecule has 5 heteroatoms. The maximum absolute atomic E-state index is 11.9. The molecule has 0 aromatic rings. The summed E-state index contributed by atoms with van der Waals surface area (Å²) in [7, 11) is 0. The predicted octanol–water partition coefficient (Wildman–Crippen LogP) is -0.0482. The van der Waals surface area contributed by atoms with Crippen molar-refractivity contribution in [1.29, 1.82) is 0 Å². The second-order valence-corrected chi connectivity index (χ2v) is 2.47. The van der Waals surface area contributed by atoms with E-state index in [2.05, 4.69) is 14.3 Å². The van der Waals surface area contributed by atoms with Gasteiger partial charge in [0, 0.05) is 0 Å². The fourth-order valence-corrected chi connectivity index (χ4v) is 1.31. The third kappa shape index (κ3) is 1.34. The summed E-state index contributed by atoms with van der Waals surface area (Å²) in [5, 5.41) is 0. The van der Waals surface area contributed by atoms with Crippen molar-refractivity contribution in [2.45, 2.75) is 12.2 Å². The van der Waals surface area contributed by atoms with Crippen molar-refractivity contribution in [3.8, 4) is 12.3 Å². The van der Waals surface area contributed by atoms with Gasteiger partial charge in [-0.2, -0.15) is 4.21 Å². The van der Waals surface area contributed by atoms with Gasteiger partial charge in [-0.25, -0.2) is 8.57 Å². The van der Waals surface area contributed by atoms with Crippen molar-refractivity contribution < 1.29 is 17.0 Å². The standard InChI is InChI=1S/C5H5FO3S/c1-2-4-5(3-6)9-10(7)8-4/h1,4-5H,3H2. The fourth-order valence-electron chi connectivity index (χ4n) is 0.562. The zero-order valence-electron chi connectivity index (χ0n) is 4.95. The molecule has 1 fully saturated rings. The molecular formula is C5H5FO3S. The quantitative estimate of drug-likeness (QED) is 0.510. The lowest BCUT2D eigenvalue weighted by molar-refractivity contribution is 0.162. The van der Waals surface area contributed by atoms with E-state index >= 15 is 0 Å². The van der Waals surface area contributed by atoms with E-state index in [0.29, 0.717) is 0 Å². The van der Waals surface area contributed by atoms with E-state index in [1.54, 1.807) is 0 Å². The predicted molar refractivity (Wildman–Crippen MR) is 32.7 cm³/mol. The van der Waals surface area contributed by atoms with Crippen LogP contribution in [0.4, 0.5) is 4.39 Å². The number of halogens is 1. The molecule has 1 heterocycles. The Morgan fingerprint density at radius 3 is 2.80 bits per heavy atom. The first-order valence-corrected chi connectivity index (χ1v) is 3.56. The Labute approximate surface area is 60.4 Å². The zero-order chi connectivity index (χ0) is 7.56. The minimum absolute atomic E-state index is 0.777. The normalized spacial score (nSPS) is 39.4. The molecule has 0 bridgehead atoms. The van der Waals surface area contributed by atoms with E-state index in [-0.39, 0.29) is 0 Å². The summed E-state index contributed by atoms with van der Waals surface area (Å²) in [5.41, 5.74) is 0. The van der Waals surface area contributed by atoms with Crippen molar-refractivity contribution in [3.63, 3.8) is 0 Å². The molecule has 1 rings (SSSR count). The Morgan fingerprint density at radius 1 is 1.70 bits per heavy atom. The molecule has 1 saturated heterocycles. The lowest BCUT2D eigenvalue weighted by Crippen LogP contribution is -2.22. The van der Waals surface area contributed by atoms with Gasteiger partial charge in [-0.3, -0.25) is 4.18 Å². The van der Waals surface area contributed by atoms with E-state index in [9.17, 15) is 8.60 Å². The number of terminal acetylenes is 1. The summed E-state index contributed by atoms with van der Waals surface area (Å²) in [6.45, 7) is -0.777. The molecule has 0 aromatic carbocycles. The SMILES string of the molecule is C#CC1OS(=O)OC1CF. The first-order chi connectivity index (χ1) is 4.77. The molecule has 0 radical (unpaired) electrons. The summed E-state index contributed by atoms with van der Waals surface area (Å²) in [6, 6.07) is 0. The van der Waals surface area contributed by atoms with E-state index in [4.69, 9.17) is 6.42 Å². The minimum Gasteiger partial charge on any atom is -0.258 e. The third-order valence-electron chi connectivity index (χ3n) is 1.04. The topological polar surface area (TPSA) is 35.5 Å². The van der Waals surface area contributed by atoms with Gasteiger partial charge in [0.25, 0.3) is 0 Å². The van der Waals surface area contributed by atoms with Crippen LogP contribution in [0.3, 0.4) is 0 Å². The second kappa shape index (κ2) is 3.10. The first kappa shape index (κ1) is 7.66. The van der Waals surface area contributed by atoms with Crippen LogP contribution < -0.4 is 0 Å². The fraction of sp³-hybridized carbons (Fsp3) is 0.600. The second-order valence-electron chi connectivity index (χ2n) is 1.68. The summed E-state index contributed by atoms with van der Waals surface area (Å²) in [4.78, 5) is 0. The Kier molecular flexibility index (Phi) is 2.38. The van der Waals surface area contributed by atoms with Crippen LogP contribution in [0.1, 0.15) is 0 Å². The maximum Gasteiger partial charge on any atom is 0.306 e. The molecule has 1 aliphatic heterocycles. The van der Waals surface area contributed by atoms with Crippen LogP contribution in [0.5, 0.6) is 0 Å². The van der Waals surface area contributed by atoms with Gasteiger partial charge in [-0.05, 0) is 0 Å². The number of rotatable bonds is 1. The van der Waals surface area contributed by atoms with Gasteiger partial charge in [0.2, 0.25) is 0 Å². The average molecular weight is 164 g/mol. The van der Waals surface area contributed by atoms with Crippen LogP contribution in [0.15, 0.2) is 0 Å². The van der Waals surface area contributed by atoms with Gasteiger partial charge in [0.1, 0.15) is 12.8 Å². The molecular weight excluding hydrogens is 159 g/mol. The number of alkyl halides is 1. The number of hydrogen-bond donors (Lipinski definition) is 0. The lowest BCUT2D eigenvalue weighted by Gasteiger charge is -2.01. The van der Waals surface area contributed by atoms with Crippen molar-refractivity contribution in [2.75, 3.05) is 6.67 Å². The van der Waals surface area contributed by atoms with Crippen LogP contribution in [-0.2, 0) is 19.7 Å². The van der Waals surface area contributed by atoms with Crippen LogP contribution >= 0.6 is 0 Å². The molecule has 0 aliphatic carbocycles. The Bertz CT molecular complexity index is 188. The molecule has 3 atom stereocenters. The highest BCUT2D eigenvalue weighted by Gasteiger charge is 2.33. The molecule has 0 N–H and O–H groups in total. The van der Waals surface area contributed by atoms with E-state index in [1.165, 1.54) is 0 Å². The molecule has 0 amide bonds. The van der Waals surface area contributed by atoms with Gasteiger partial charge >= 0.3 is 11.4 Å². The van der Waals surface area contributed by atoms with E-state index < -0.39 is 30.2 Å². The highest BCUT2D eigenvalue weighted by Crippen LogP contribution is 2.16. The summed E-state index contributed by atoms with van der Waals surface area (Å²) in [5.74, 6) is 2.12. The first-order valence-electron chi connectivity index (χ1n) is 2.56. The zero-order valence-corrected chi connectivity index (χ0v) is 5.77. The van der Waals surface area contributed by atoms with Crippen LogP contribution in [0.25, 0.3) is 0 Å². The Hall–Kier alpha value is -0.440. The number of hydrogen-bond acceptors (Lipinski definition) is 3. The summed E-state index contributed by atoms with van der Waals surface area (Å²) in [6.07, 6.45) is 3.22. The maximum atomic E-state index is 11.9. The van der Waals surface area contributed by atoms with Crippen LogP contribution in [0.2, 0.25) is 0 Å². The minimum atomic E-state index is -1.87. The van der Waals surface area contributed by atoms with Crippen molar-refractivity contribution in [1.82, 2.24) is 0 Å². The third-order valence-corrected chi connectivity index (χ3v) is 1.81. The molecule has 56 valence electrons. The van der Waals surface area contributed by atoms with Crippen molar-refractivity contribution >= 4 is 11.4 Å². The molecule has 3 unspecified atom stereocenters. The average Bonchev–Trinajstić information content (AvgIpc) is 2.30. The molecule has 0 aromatic heterocycles. The van der Waals surface area contributed by atoms with Crippen LogP contribution in [-0.4, -0.2) is 23.1 Å². The smallest absolute Gasteiger partial charge is 0.258 e. The highest BCUT2D eigenvalue weighted by atomic mass is 32.2. The van der Waals surface area contributed by atoms with Gasteiger partial charge in [0.05, 0.1) is 0 Å². The molecule has 1 aliphatic rings. The molecule has 10 heavy (non-hydrogen) atoms. The van der Waals surface area contributed by atoms with Gasteiger partial charge in [-0.1, -0.05) is 5.92 Å².